The summed E-state index contributed by atoms with van der Waals surface area (Å²) in [6, 6.07) is 8.13. The Labute approximate surface area is 152 Å². The second-order valence-electron chi connectivity index (χ2n) is 6.42. The molecule has 2 aromatic rings. The standard InChI is InChI=1S/C19H21ClFN3O/c1-13-14(4-2-8-22-13)11-24-9-3-5-16(12-24)23-19(25)17-7-6-15(20)10-18(17)21/h2,4,6-8,10,16H,3,5,9,11-12H2,1H3,(H,23,25)/t16-/m1/s1. The van der Waals surface area contributed by atoms with Gasteiger partial charge in [0.15, 0.2) is 0 Å². The van der Waals surface area contributed by atoms with Gasteiger partial charge >= 0.3 is 0 Å². The van der Waals surface area contributed by atoms with E-state index in [1.807, 2.05) is 13.0 Å². The lowest BCUT2D eigenvalue weighted by Gasteiger charge is -2.33. The van der Waals surface area contributed by atoms with E-state index in [1.165, 1.54) is 17.7 Å². The van der Waals surface area contributed by atoms with Gasteiger partial charge in [-0.15, -0.1) is 0 Å². The third-order valence-electron chi connectivity index (χ3n) is 4.53. The molecule has 1 aliphatic rings. The summed E-state index contributed by atoms with van der Waals surface area (Å²) in [5, 5.41) is 3.23. The maximum atomic E-state index is 13.9. The first-order valence-corrected chi connectivity index (χ1v) is 8.79. The number of nitrogens with one attached hydrogen (secondary N) is 1. The van der Waals surface area contributed by atoms with E-state index in [0.29, 0.717) is 0 Å². The molecule has 0 unspecified atom stereocenters. The Kier molecular flexibility index (Phi) is 5.66. The summed E-state index contributed by atoms with van der Waals surface area (Å²) in [6.45, 7) is 4.54. The number of aromatic nitrogens is 1. The van der Waals surface area contributed by atoms with Crippen molar-refractivity contribution in [3.8, 4) is 0 Å². The molecule has 0 saturated carbocycles. The molecule has 0 bridgehead atoms. The Bertz CT molecular complexity index is 768. The van der Waals surface area contributed by atoms with Crippen LogP contribution in [0.2, 0.25) is 5.02 Å². The van der Waals surface area contributed by atoms with E-state index < -0.39 is 11.7 Å². The molecule has 1 aliphatic heterocycles. The summed E-state index contributed by atoms with van der Waals surface area (Å²) in [7, 11) is 0. The van der Waals surface area contributed by atoms with Gasteiger partial charge in [-0.05, 0) is 56.1 Å². The molecule has 1 fully saturated rings. The van der Waals surface area contributed by atoms with Crippen molar-refractivity contribution in [2.75, 3.05) is 13.1 Å². The number of benzene rings is 1. The molecular formula is C19H21ClFN3O. The Morgan fingerprint density at radius 2 is 2.28 bits per heavy atom. The second-order valence-corrected chi connectivity index (χ2v) is 6.86. The van der Waals surface area contributed by atoms with Gasteiger partial charge in [-0.2, -0.15) is 0 Å². The number of hydrogen-bond acceptors (Lipinski definition) is 3. The van der Waals surface area contributed by atoms with E-state index in [9.17, 15) is 9.18 Å². The Morgan fingerprint density at radius 3 is 3.04 bits per heavy atom. The lowest BCUT2D eigenvalue weighted by molar-refractivity contribution is 0.0896. The lowest BCUT2D eigenvalue weighted by Crippen LogP contribution is -2.47. The van der Waals surface area contributed by atoms with Crippen LogP contribution in [0.3, 0.4) is 0 Å². The minimum absolute atomic E-state index is 0.00769. The summed E-state index contributed by atoms with van der Waals surface area (Å²) in [5.74, 6) is -0.984. The molecule has 0 radical (unpaired) electrons. The maximum Gasteiger partial charge on any atom is 0.254 e. The molecule has 0 spiro atoms. The second kappa shape index (κ2) is 7.93. The number of amides is 1. The molecule has 1 amide bonds. The summed E-state index contributed by atoms with van der Waals surface area (Å²) in [4.78, 5) is 19.0. The van der Waals surface area contributed by atoms with Crippen LogP contribution in [-0.2, 0) is 6.54 Å². The van der Waals surface area contributed by atoms with Gasteiger partial charge < -0.3 is 5.32 Å². The predicted octanol–water partition coefficient (Wildman–Crippen LogP) is 3.58. The zero-order valence-corrected chi connectivity index (χ0v) is 14.9. The zero-order chi connectivity index (χ0) is 17.8. The number of hydrogen-bond donors (Lipinski definition) is 1. The fourth-order valence-electron chi connectivity index (χ4n) is 3.18. The Balaban J connectivity index is 1.61. The minimum Gasteiger partial charge on any atom is -0.348 e. The lowest BCUT2D eigenvalue weighted by atomic mass is 10.0. The number of nitrogens with zero attached hydrogens (tertiary/aromatic N) is 2. The number of rotatable bonds is 4. The van der Waals surface area contributed by atoms with Gasteiger partial charge in [-0.3, -0.25) is 14.7 Å². The summed E-state index contributed by atoms with van der Waals surface area (Å²) in [5.41, 5.74) is 2.25. The minimum atomic E-state index is -0.594. The highest BCUT2D eigenvalue weighted by atomic mass is 35.5. The SMILES string of the molecule is Cc1ncccc1CN1CCC[C@@H](NC(=O)c2ccc(Cl)cc2F)C1. The molecule has 1 N–H and O–H groups in total. The van der Waals surface area contributed by atoms with E-state index in [-0.39, 0.29) is 16.6 Å². The van der Waals surface area contributed by atoms with E-state index >= 15 is 0 Å². The largest absolute Gasteiger partial charge is 0.348 e. The molecule has 132 valence electrons. The zero-order valence-electron chi connectivity index (χ0n) is 14.1. The molecule has 1 aromatic carbocycles. The van der Waals surface area contributed by atoms with Crippen molar-refractivity contribution >= 4 is 17.5 Å². The molecule has 1 atom stereocenters. The quantitative estimate of drug-likeness (QED) is 0.905. The van der Waals surface area contributed by atoms with Crippen LogP contribution in [0.25, 0.3) is 0 Å². The van der Waals surface area contributed by atoms with Crippen molar-refractivity contribution in [1.82, 2.24) is 15.2 Å². The molecule has 25 heavy (non-hydrogen) atoms. The van der Waals surface area contributed by atoms with Crippen LogP contribution in [0.5, 0.6) is 0 Å². The van der Waals surface area contributed by atoms with Crippen LogP contribution in [0, 0.1) is 12.7 Å². The van der Waals surface area contributed by atoms with Gasteiger partial charge in [-0.25, -0.2) is 4.39 Å². The predicted molar refractivity (Wildman–Crippen MR) is 96.1 cm³/mol. The number of carbonyl (C=O) groups excluding carboxylic acids is 1. The average molecular weight is 362 g/mol. The van der Waals surface area contributed by atoms with E-state index in [0.717, 1.165) is 44.2 Å². The molecule has 1 aromatic heterocycles. The van der Waals surface area contributed by atoms with Crippen LogP contribution in [0.1, 0.15) is 34.5 Å². The number of likely N-dealkylation sites (tertiary alicyclic amines) is 1. The number of piperidine rings is 1. The Morgan fingerprint density at radius 1 is 1.44 bits per heavy atom. The first-order chi connectivity index (χ1) is 12.0. The van der Waals surface area contributed by atoms with Gasteiger partial charge in [0.1, 0.15) is 5.82 Å². The van der Waals surface area contributed by atoms with E-state index in [2.05, 4.69) is 21.3 Å². The molecule has 1 saturated heterocycles. The van der Waals surface area contributed by atoms with Gasteiger partial charge in [0.05, 0.1) is 5.56 Å². The highest BCUT2D eigenvalue weighted by Gasteiger charge is 2.23. The number of carbonyl (C=O) groups is 1. The third-order valence-corrected chi connectivity index (χ3v) is 4.76. The fourth-order valence-corrected chi connectivity index (χ4v) is 3.34. The molecule has 0 aliphatic carbocycles. The summed E-state index contributed by atoms with van der Waals surface area (Å²) in [6.07, 6.45) is 3.68. The van der Waals surface area contributed by atoms with Crippen molar-refractivity contribution in [3.63, 3.8) is 0 Å². The normalized spacial score (nSPS) is 18.1. The Hall–Kier alpha value is -1.98. The summed E-state index contributed by atoms with van der Waals surface area (Å²) >= 11 is 5.74. The van der Waals surface area contributed by atoms with Gasteiger partial charge in [0, 0.05) is 36.0 Å². The van der Waals surface area contributed by atoms with Crippen molar-refractivity contribution in [2.45, 2.75) is 32.4 Å². The van der Waals surface area contributed by atoms with E-state index in [1.54, 1.807) is 6.20 Å². The molecule has 4 nitrogen and oxygen atoms in total. The van der Waals surface area contributed by atoms with Gasteiger partial charge in [0.25, 0.3) is 5.91 Å². The molecule has 3 rings (SSSR count). The first kappa shape index (κ1) is 17.8. The topological polar surface area (TPSA) is 45.2 Å². The number of pyridine rings is 1. The fraction of sp³-hybridized carbons (Fsp3) is 0.368. The number of halogens is 2. The maximum absolute atomic E-state index is 13.9. The van der Waals surface area contributed by atoms with Crippen molar-refractivity contribution < 1.29 is 9.18 Å². The van der Waals surface area contributed by atoms with Crippen molar-refractivity contribution in [1.29, 1.82) is 0 Å². The highest BCUT2D eigenvalue weighted by molar-refractivity contribution is 6.30. The number of aryl methyl sites for hydroxylation is 1. The third kappa shape index (κ3) is 4.55. The van der Waals surface area contributed by atoms with Crippen LogP contribution in [-0.4, -0.2) is 34.9 Å². The average Bonchev–Trinajstić information content (AvgIpc) is 2.57. The monoisotopic (exact) mass is 361 g/mol. The van der Waals surface area contributed by atoms with Gasteiger partial charge in [0.2, 0.25) is 0 Å². The van der Waals surface area contributed by atoms with Crippen molar-refractivity contribution in [3.05, 3.63) is 64.2 Å². The van der Waals surface area contributed by atoms with E-state index in [4.69, 9.17) is 11.6 Å². The van der Waals surface area contributed by atoms with Crippen LogP contribution >= 0.6 is 11.6 Å². The highest BCUT2D eigenvalue weighted by Crippen LogP contribution is 2.17. The van der Waals surface area contributed by atoms with Crippen LogP contribution in [0.15, 0.2) is 36.5 Å². The summed E-state index contributed by atoms with van der Waals surface area (Å²) < 4.78 is 13.9. The van der Waals surface area contributed by atoms with Gasteiger partial charge in [-0.1, -0.05) is 17.7 Å². The first-order valence-electron chi connectivity index (χ1n) is 8.41. The van der Waals surface area contributed by atoms with Crippen molar-refractivity contribution in [2.24, 2.45) is 0 Å². The molecule has 2 heterocycles. The molecule has 6 heteroatoms. The van der Waals surface area contributed by atoms with Crippen LogP contribution in [0.4, 0.5) is 4.39 Å². The smallest absolute Gasteiger partial charge is 0.254 e. The molecular weight excluding hydrogens is 341 g/mol. The van der Waals surface area contributed by atoms with Crippen LogP contribution < -0.4 is 5.32 Å².